The zero-order valence-electron chi connectivity index (χ0n) is 16.6. The van der Waals surface area contributed by atoms with Gasteiger partial charge in [0.1, 0.15) is 19.1 Å². The molecule has 0 saturated carbocycles. The van der Waals surface area contributed by atoms with Crippen LogP contribution in [0.2, 0.25) is 0 Å². The Morgan fingerprint density at radius 3 is 2.88 bits per heavy atom. The number of benzene rings is 1. The van der Waals surface area contributed by atoms with Gasteiger partial charge in [0.15, 0.2) is 6.10 Å². The van der Waals surface area contributed by atoms with Crippen LogP contribution >= 0.6 is 0 Å². The fraction of sp³-hybridized carbons (Fsp3) is 0.636. The Bertz CT molecular complexity index is 777. The number of rotatable bonds is 6. The molecule has 0 spiro atoms. The fourth-order valence-electron chi connectivity index (χ4n) is 5.40. The summed E-state index contributed by atoms with van der Waals surface area (Å²) >= 11 is 0. The number of likely N-dealkylation sites (N-methyl/N-ethyl adjacent to an activating group) is 1. The molecule has 26 heavy (non-hydrogen) atoms. The van der Waals surface area contributed by atoms with Crippen molar-refractivity contribution in [3.63, 3.8) is 0 Å². The van der Waals surface area contributed by atoms with Crippen molar-refractivity contribution in [2.75, 3.05) is 32.7 Å². The monoisotopic (exact) mass is 357 g/mol. The van der Waals surface area contributed by atoms with Crippen molar-refractivity contribution in [3.05, 3.63) is 35.0 Å². The van der Waals surface area contributed by atoms with Gasteiger partial charge in [-0.05, 0) is 51.3 Å². The second kappa shape index (κ2) is 7.34. The standard InChI is InChI=1S/C22H33N3O/c1-4-23(5-2)14-17(26)15-24-11-12-25-20-10-9-16(3)13-19(20)18-7-6-8-21(24)22(18)25/h9-10,13,17,21,26H,4-8,11-12,14-15H2,1-3H3/p+2/t17-,21-/m0/s1. The van der Waals surface area contributed by atoms with Gasteiger partial charge >= 0.3 is 0 Å². The molecule has 3 atom stereocenters. The summed E-state index contributed by atoms with van der Waals surface area (Å²) in [5.74, 6) is 0. The van der Waals surface area contributed by atoms with Crippen LogP contribution in [-0.4, -0.2) is 48.5 Å². The van der Waals surface area contributed by atoms with E-state index in [0.717, 1.165) is 39.3 Å². The van der Waals surface area contributed by atoms with Gasteiger partial charge in [0, 0.05) is 17.3 Å². The van der Waals surface area contributed by atoms with Gasteiger partial charge < -0.3 is 19.5 Å². The highest BCUT2D eigenvalue weighted by Crippen LogP contribution is 2.37. The predicted octanol–water partition coefficient (Wildman–Crippen LogP) is 0.511. The van der Waals surface area contributed by atoms with Crippen molar-refractivity contribution in [2.45, 2.75) is 58.7 Å². The number of fused-ring (bicyclic) bond motifs is 3. The van der Waals surface area contributed by atoms with E-state index < -0.39 is 0 Å². The van der Waals surface area contributed by atoms with Gasteiger partial charge in [-0.15, -0.1) is 0 Å². The van der Waals surface area contributed by atoms with Crippen molar-refractivity contribution in [3.8, 4) is 0 Å². The molecule has 2 aromatic rings. The predicted molar refractivity (Wildman–Crippen MR) is 106 cm³/mol. The topological polar surface area (TPSA) is 34.0 Å². The molecule has 1 aliphatic heterocycles. The summed E-state index contributed by atoms with van der Waals surface area (Å²) < 4.78 is 2.60. The molecule has 1 aromatic carbocycles. The van der Waals surface area contributed by atoms with Crippen LogP contribution in [0, 0.1) is 6.92 Å². The third-order valence-electron chi connectivity index (χ3n) is 6.79. The molecule has 0 saturated heterocycles. The molecule has 4 rings (SSSR count). The Morgan fingerprint density at radius 1 is 1.31 bits per heavy atom. The van der Waals surface area contributed by atoms with Crippen LogP contribution in [0.4, 0.5) is 0 Å². The molecule has 4 nitrogen and oxygen atoms in total. The summed E-state index contributed by atoms with van der Waals surface area (Å²) in [6, 6.07) is 7.53. The minimum Gasteiger partial charge on any atom is -0.382 e. The molecule has 1 unspecified atom stereocenters. The van der Waals surface area contributed by atoms with E-state index >= 15 is 0 Å². The molecule has 0 amide bonds. The average molecular weight is 358 g/mol. The van der Waals surface area contributed by atoms with E-state index in [0.29, 0.717) is 6.04 Å². The van der Waals surface area contributed by atoms with E-state index in [2.05, 4.69) is 43.5 Å². The molecular formula is C22H35N3O+2. The van der Waals surface area contributed by atoms with Gasteiger partial charge in [-0.1, -0.05) is 11.6 Å². The molecule has 1 aromatic heterocycles. The molecule has 0 fully saturated rings. The number of aryl methyl sites for hydroxylation is 2. The highest BCUT2D eigenvalue weighted by Gasteiger charge is 2.38. The molecule has 0 bridgehead atoms. The van der Waals surface area contributed by atoms with E-state index in [4.69, 9.17) is 0 Å². The minimum atomic E-state index is -0.191. The maximum Gasteiger partial charge on any atom is 0.152 e. The third-order valence-corrected chi connectivity index (χ3v) is 6.79. The molecule has 4 heteroatoms. The third kappa shape index (κ3) is 3.08. The lowest BCUT2D eigenvalue weighted by atomic mass is 9.89. The Morgan fingerprint density at radius 2 is 2.12 bits per heavy atom. The molecule has 142 valence electrons. The number of aliphatic hydroxyl groups is 1. The quantitative estimate of drug-likeness (QED) is 0.692. The van der Waals surface area contributed by atoms with Crippen molar-refractivity contribution < 1.29 is 14.9 Å². The van der Waals surface area contributed by atoms with Crippen LogP contribution in [-0.2, 0) is 13.0 Å². The van der Waals surface area contributed by atoms with Gasteiger partial charge in [-0.25, -0.2) is 0 Å². The number of nitrogens with zero attached hydrogens (tertiary/aromatic N) is 1. The molecule has 0 radical (unpaired) electrons. The Balaban J connectivity index is 1.61. The van der Waals surface area contributed by atoms with Crippen molar-refractivity contribution >= 4 is 10.9 Å². The van der Waals surface area contributed by atoms with Crippen LogP contribution in [0.3, 0.4) is 0 Å². The lowest BCUT2D eigenvalue weighted by Crippen LogP contribution is -3.17. The second-order valence-corrected chi connectivity index (χ2v) is 8.41. The van der Waals surface area contributed by atoms with Crippen LogP contribution < -0.4 is 9.80 Å². The molecule has 3 N–H and O–H groups in total. The van der Waals surface area contributed by atoms with E-state index in [1.165, 1.54) is 40.6 Å². The van der Waals surface area contributed by atoms with Crippen LogP contribution in [0.25, 0.3) is 10.9 Å². The highest BCUT2D eigenvalue weighted by molar-refractivity contribution is 5.86. The number of quaternary nitrogens is 2. The first kappa shape index (κ1) is 18.0. The van der Waals surface area contributed by atoms with Crippen LogP contribution in [0.1, 0.15) is 49.6 Å². The summed E-state index contributed by atoms with van der Waals surface area (Å²) in [5.41, 5.74) is 5.97. The number of aromatic nitrogens is 1. The van der Waals surface area contributed by atoms with E-state index in [9.17, 15) is 5.11 Å². The summed E-state index contributed by atoms with van der Waals surface area (Å²) in [6.07, 6.45) is 3.58. The first-order valence-corrected chi connectivity index (χ1v) is 10.6. The lowest BCUT2D eigenvalue weighted by Gasteiger charge is -2.38. The maximum atomic E-state index is 10.7. The molecule has 1 aliphatic carbocycles. The Labute approximate surface area is 157 Å². The summed E-state index contributed by atoms with van der Waals surface area (Å²) in [6.45, 7) is 12.8. The number of aliphatic hydroxyl groups excluding tert-OH is 1. The first-order valence-electron chi connectivity index (χ1n) is 10.6. The van der Waals surface area contributed by atoms with Crippen molar-refractivity contribution in [2.24, 2.45) is 0 Å². The largest absolute Gasteiger partial charge is 0.382 e. The zero-order valence-corrected chi connectivity index (χ0v) is 16.6. The maximum absolute atomic E-state index is 10.7. The Hall–Kier alpha value is -1.36. The van der Waals surface area contributed by atoms with Crippen LogP contribution in [0.5, 0.6) is 0 Å². The number of hydrogen-bond acceptors (Lipinski definition) is 1. The van der Waals surface area contributed by atoms with Crippen LogP contribution in [0.15, 0.2) is 18.2 Å². The summed E-state index contributed by atoms with van der Waals surface area (Å²) in [4.78, 5) is 3.11. The van der Waals surface area contributed by atoms with E-state index in [1.54, 1.807) is 16.2 Å². The SMILES string of the molecule is CC[NH+](CC)C[C@H](O)C[NH+]1CCn2c3c(c4cc(C)ccc42)CCC[C@@H]31. The summed E-state index contributed by atoms with van der Waals surface area (Å²) in [5, 5.41) is 12.2. The van der Waals surface area contributed by atoms with E-state index in [-0.39, 0.29) is 6.10 Å². The number of nitrogens with one attached hydrogen (secondary N) is 2. The minimum absolute atomic E-state index is 0.191. The zero-order chi connectivity index (χ0) is 18.3. The Kier molecular flexibility index (Phi) is 5.09. The molecule has 2 heterocycles. The van der Waals surface area contributed by atoms with Gasteiger partial charge in [0.2, 0.25) is 0 Å². The highest BCUT2D eigenvalue weighted by atomic mass is 16.3. The summed E-state index contributed by atoms with van der Waals surface area (Å²) in [7, 11) is 0. The van der Waals surface area contributed by atoms with Gasteiger partial charge in [-0.2, -0.15) is 0 Å². The normalized spacial score (nSPS) is 23.4. The second-order valence-electron chi connectivity index (χ2n) is 8.41. The lowest BCUT2D eigenvalue weighted by molar-refractivity contribution is -0.948. The first-order chi connectivity index (χ1) is 12.6. The molecule has 2 aliphatic rings. The van der Waals surface area contributed by atoms with Gasteiger partial charge in [-0.3, -0.25) is 0 Å². The molecular weight excluding hydrogens is 322 g/mol. The van der Waals surface area contributed by atoms with Crippen molar-refractivity contribution in [1.29, 1.82) is 0 Å². The average Bonchev–Trinajstić information content (AvgIpc) is 2.96. The van der Waals surface area contributed by atoms with E-state index in [1.807, 2.05) is 0 Å². The number of hydrogen-bond donors (Lipinski definition) is 3. The van der Waals surface area contributed by atoms with Gasteiger partial charge in [0.25, 0.3) is 0 Å². The van der Waals surface area contributed by atoms with Gasteiger partial charge in [0.05, 0.1) is 31.9 Å². The van der Waals surface area contributed by atoms with Crippen molar-refractivity contribution in [1.82, 2.24) is 4.57 Å². The smallest absolute Gasteiger partial charge is 0.152 e. The fourth-order valence-corrected chi connectivity index (χ4v) is 5.40.